The molecule has 0 unspecified atom stereocenters. The number of hydrogen-bond donors (Lipinski definition) is 0. The molecule has 80 valence electrons. The number of hydrogen-bond acceptors (Lipinski definition) is 4. The molecule has 0 radical (unpaired) electrons. The second-order valence-electron chi connectivity index (χ2n) is 3.60. The van der Waals surface area contributed by atoms with Crippen LogP contribution in [0.3, 0.4) is 0 Å². The molecule has 4 heteroatoms. The summed E-state index contributed by atoms with van der Waals surface area (Å²) in [7, 11) is 0. The zero-order valence-electron chi connectivity index (χ0n) is 9.20. The first-order valence-corrected chi connectivity index (χ1v) is 6.68. The van der Waals surface area contributed by atoms with Gasteiger partial charge in [0.25, 0.3) is 0 Å². The molecule has 0 saturated carbocycles. The van der Waals surface area contributed by atoms with Crippen LogP contribution >= 0.6 is 22.7 Å². The van der Waals surface area contributed by atoms with Crippen molar-refractivity contribution in [2.24, 2.45) is 0 Å². The number of nitrogens with zero attached hydrogens (tertiary/aromatic N) is 2. The highest BCUT2D eigenvalue weighted by Crippen LogP contribution is 2.20. The van der Waals surface area contributed by atoms with Crippen molar-refractivity contribution in [1.82, 2.24) is 9.97 Å². The topological polar surface area (TPSA) is 25.8 Å². The molecular formula is C11H14N2S2. The summed E-state index contributed by atoms with van der Waals surface area (Å²) in [5, 5.41) is 1.16. The third-order valence-electron chi connectivity index (χ3n) is 2.43. The number of thiazole rings is 2. The highest BCUT2D eigenvalue weighted by molar-refractivity contribution is 7.11. The van der Waals surface area contributed by atoms with Gasteiger partial charge < -0.3 is 0 Å². The van der Waals surface area contributed by atoms with Gasteiger partial charge in [0.2, 0.25) is 0 Å². The summed E-state index contributed by atoms with van der Waals surface area (Å²) in [5.74, 6) is 0. The van der Waals surface area contributed by atoms with Crippen LogP contribution in [0.15, 0.2) is 5.51 Å². The maximum absolute atomic E-state index is 4.43. The zero-order valence-corrected chi connectivity index (χ0v) is 10.8. The maximum Gasteiger partial charge on any atom is 0.0900 e. The van der Waals surface area contributed by atoms with Crippen LogP contribution in [0.25, 0.3) is 0 Å². The van der Waals surface area contributed by atoms with Crippen LogP contribution in [-0.4, -0.2) is 9.97 Å². The van der Waals surface area contributed by atoms with Crippen LogP contribution in [0.5, 0.6) is 0 Å². The van der Waals surface area contributed by atoms with Gasteiger partial charge >= 0.3 is 0 Å². The summed E-state index contributed by atoms with van der Waals surface area (Å²) in [6.45, 7) is 6.29. The third-order valence-corrected chi connectivity index (χ3v) is 4.37. The molecule has 0 N–H and O–H groups in total. The zero-order chi connectivity index (χ0) is 10.8. The molecule has 2 aromatic rings. The molecule has 0 spiro atoms. The Hall–Kier alpha value is -0.740. The number of aryl methyl sites for hydroxylation is 5. The highest BCUT2D eigenvalue weighted by atomic mass is 32.1. The molecule has 0 aliphatic carbocycles. The van der Waals surface area contributed by atoms with Gasteiger partial charge in [-0.15, -0.1) is 22.7 Å². The molecule has 2 heterocycles. The van der Waals surface area contributed by atoms with Gasteiger partial charge in [0.15, 0.2) is 0 Å². The lowest BCUT2D eigenvalue weighted by molar-refractivity contribution is 0.919. The van der Waals surface area contributed by atoms with E-state index in [1.54, 1.807) is 22.7 Å². The molecule has 0 bridgehead atoms. The van der Waals surface area contributed by atoms with E-state index < -0.39 is 0 Å². The van der Waals surface area contributed by atoms with Crippen molar-refractivity contribution in [3.05, 3.63) is 31.7 Å². The van der Waals surface area contributed by atoms with E-state index in [9.17, 15) is 0 Å². The highest BCUT2D eigenvalue weighted by Gasteiger charge is 2.07. The van der Waals surface area contributed by atoms with Gasteiger partial charge in [0.05, 0.1) is 21.9 Å². The van der Waals surface area contributed by atoms with Crippen molar-refractivity contribution in [2.75, 3.05) is 0 Å². The molecule has 0 aliphatic rings. The summed E-state index contributed by atoms with van der Waals surface area (Å²) in [6, 6.07) is 0. The van der Waals surface area contributed by atoms with E-state index >= 15 is 0 Å². The Bertz CT molecular complexity index is 457. The molecule has 0 amide bonds. The summed E-state index contributed by atoms with van der Waals surface area (Å²) >= 11 is 3.53. The minimum Gasteiger partial charge on any atom is -0.249 e. The lowest BCUT2D eigenvalue weighted by Gasteiger charge is -1.97. The van der Waals surface area contributed by atoms with Crippen LogP contribution in [0.2, 0.25) is 0 Å². The Labute approximate surface area is 98.0 Å². The molecule has 15 heavy (non-hydrogen) atoms. The van der Waals surface area contributed by atoms with Gasteiger partial charge in [-0.2, -0.15) is 0 Å². The van der Waals surface area contributed by atoms with Crippen molar-refractivity contribution in [1.29, 1.82) is 0 Å². The monoisotopic (exact) mass is 238 g/mol. The quantitative estimate of drug-likeness (QED) is 0.820. The van der Waals surface area contributed by atoms with E-state index in [0.717, 1.165) is 17.8 Å². The Morgan fingerprint density at radius 1 is 1.20 bits per heavy atom. The molecule has 2 rings (SSSR count). The van der Waals surface area contributed by atoms with Gasteiger partial charge in [-0.25, -0.2) is 9.97 Å². The van der Waals surface area contributed by atoms with Crippen LogP contribution in [0.1, 0.15) is 26.1 Å². The molecule has 0 aliphatic heterocycles. The Morgan fingerprint density at radius 3 is 2.53 bits per heavy atom. The van der Waals surface area contributed by atoms with Crippen LogP contribution in [0, 0.1) is 20.8 Å². The van der Waals surface area contributed by atoms with Crippen LogP contribution in [0.4, 0.5) is 0 Å². The summed E-state index contributed by atoms with van der Waals surface area (Å²) < 4.78 is 0. The molecular weight excluding hydrogens is 224 g/mol. The van der Waals surface area contributed by atoms with E-state index in [-0.39, 0.29) is 0 Å². The SMILES string of the molecule is Cc1nc(C)c(CCc2ncsc2C)s1. The molecule has 0 atom stereocenters. The van der Waals surface area contributed by atoms with E-state index in [1.165, 1.54) is 21.1 Å². The second kappa shape index (κ2) is 4.41. The van der Waals surface area contributed by atoms with Crippen LogP contribution in [-0.2, 0) is 12.8 Å². The summed E-state index contributed by atoms with van der Waals surface area (Å²) in [4.78, 5) is 11.5. The van der Waals surface area contributed by atoms with Gasteiger partial charge in [-0.3, -0.25) is 0 Å². The predicted molar refractivity (Wildman–Crippen MR) is 65.8 cm³/mol. The molecule has 0 fully saturated rings. The fraction of sp³-hybridized carbons (Fsp3) is 0.455. The standard InChI is InChI=1S/C11H14N2S2/c1-7-11(15-9(3)13-7)5-4-10-8(2)14-6-12-10/h6H,4-5H2,1-3H3. The first-order valence-electron chi connectivity index (χ1n) is 4.98. The smallest absolute Gasteiger partial charge is 0.0900 e. The van der Waals surface area contributed by atoms with Gasteiger partial charge in [-0.1, -0.05) is 0 Å². The van der Waals surface area contributed by atoms with Crippen LogP contribution < -0.4 is 0 Å². The van der Waals surface area contributed by atoms with Crippen molar-refractivity contribution < 1.29 is 0 Å². The van der Waals surface area contributed by atoms with Crippen molar-refractivity contribution in [2.45, 2.75) is 33.6 Å². The minimum absolute atomic E-state index is 1.04. The fourth-order valence-corrected chi connectivity index (χ4v) is 3.17. The average molecular weight is 238 g/mol. The van der Waals surface area contributed by atoms with Gasteiger partial charge in [0.1, 0.15) is 0 Å². The van der Waals surface area contributed by atoms with Gasteiger partial charge in [0, 0.05) is 9.75 Å². The summed E-state index contributed by atoms with van der Waals surface area (Å²) in [6.07, 6.45) is 2.11. The first-order chi connectivity index (χ1) is 7.16. The average Bonchev–Trinajstić information content (AvgIpc) is 2.70. The van der Waals surface area contributed by atoms with Crippen molar-refractivity contribution >= 4 is 22.7 Å². The van der Waals surface area contributed by atoms with E-state index in [1.807, 2.05) is 5.51 Å². The first kappa shape index (κ1) is 10.8. The summed E-state index contributed by atoms with van der Waals surface area (Å²) in [5.41, 5.74) is 4.35. The third kappa shape index (κ3) is 2.44. The molecule has 2 nitrogen and oxygen atoms in total. The van der Waals surface area contributed by atoms with Crippen molar-refractivity contribution in [3.8, 4) is 0 Å². The van der Waals surface area contributed by atoms with E-state index in [4.69, 9.17) is 0 Å². The van der Waals surface area contributed by atoms with E-state index in [2.05, 4.69) is 30.7 Å². The number of rotatable bonds is 3. The molecule has 2 aromatic heterocycles. The largest absolute Gasteiger partial charge is 0.249 e. The molecule has 0 aromatic carbocycles. The predicted octanol–water partition coefficient (Wildman–Crippen LogP) is 3.31. The fourth-order valence-electron chi connectivity index (χ4n) is 1.61. The Kier molecular flexibility index (Phi) is 3.17. The maximum atomic E-state index is 4.43. The van der Waals surface area contributed by atoms with E-state index in [0.29, 0.717) is 0 Å². The van der Waals surface area contributed by atoms with Gasteiger partial charge in [-0.05, 0) is 33.6 Å². The Balaban J connectivity index is 2.05. The minimum atomic E-state index is 1.04. The lowest BCUT2D eigenvalue weighted by Crippen LogP contribution is -1.92. The second-order valence-corrected chi connectivity index (χ2v) is 5.94. The number of aromatic nitrogens is 2. The molecule has 0 saturated heterocycles. The Morgan fingerprint density at radius 2 is 2.00 bits per heavy atom. The lowest BCUT2D eigenvalue weighted by atomic mass is 10.2. The van der Waals surface area contributed by atoms with Crippen molar-refractivity contribution in [3.63, 3.8) is 0 Å². The normalized spacial score (nSPS) is 10.9.